The van der Waals surface area contributed by atoms with Gasteiger partial charge in [-0.05, 0) is 44.1 Å². The SMILES string of the molecule is CCNc1nccc(N2CCC3(CCCCC3)CC2)n1. The minimum atomic E-state index is 0.659. The molecular formula is C16H26N4. The van der Waals surface area contributed by atoms with E-state index in [1.807, 2.05) is 12.3 Å². The number of hydrogen-bond donors (Lipinski definition) is 1. The molecule has 3 rings (SSSR count). The normalized spacial score (nSPS) is 21.9. The van der Waals surface area contributed by atoms with E-state index in [4.69, 9.17) is 0 Å². The fraction of sp³-hybridized carbons (Fsp3) is 0.750. The fourth-order valence-corrected chi connectivity index (χ4v) is 3.78. The molecular weight excluding hydrogens is 248 g/mol. The summed E-state index contributed by atoms with van der Waals surface area (Å²) in [4.78, 5) is 11.3. The molecule has 2 heterocycles. The zero-order valence-corrected chi connectivity index (χ0v) is 12.6. The van der Waals surface area contributed by atoms with E-state index in [9.17, 15) is 0 Å². The van der Waals surface area contributed by atoms with Gasteiger partial charge < -0.3 is 10.2 Å². The molecule has 20 heavy (non-hydrogen) atoms. The Labute approximate surface area is 122 Å². The molecule has 110 valence electrons. The molecule has 0 atom stereocenters. The van der Waals surface area contributed by atoms with Crippen molar-refractivity contribution in [3.63, 3.8) is 0 Å². The predicted molar refractivity (Wildman–Crippen MR) is 83.2 cm³/mol. The smallest absolute Gasteiger partial charge is 0.224 e. The molecule has 1 N–H and O–H groups in total. The number of piperidine rings is 1. The molecule has 1 spiro atoms. The van der Waals surface area contributed by atoms with Gasteiger partial charge in [0.25, 0.3) is 0 Å². The summed E-state index contributed by atoms with van der Waals surface area (Å²) in [5.74, 6) is 1.84. The van der Waals surface area contributed by atoms with Gasteiger partial charge in [0.05, 0.1) is 0 Å². The number of aromatic nitrogens is 2. The number of hydrogen-bond acceptors (Lipinski definition) is 4. The molecule has 2 fully saturated rings. The second kappa shape index (κ2) is 5.98. The van der Waals surface area contributed by atoms with Crippen LogP contribution in [0.2, 0.25) is 0 Å². The highest BCUT2D eigenvalue weighted by molar-refractivity contribution is 5.42. The van der Waals surface area contributed by atoms with E-state index in [0.717, 1.165) is 31.4 Å². The van der Waals surface area contributed by atoms with E-state index in [1.54, 1.807) is 0 Å². The van der Waals surface area contributed by atoms with Gasteiger partial charge in [0.2, 0.25) is 5.95 Å². The molecule has 0 unspecified atom stereocenters. The average molecular weight is 274 g/mol. The maximum atomic E-state index is 4.62. The summed E-state index contributed by atoms with van der Waals surface area (Å²) >= 11 is 0. The molecule has 0 radical (unpaired) electrons. The summed E-state index contributed by atoms with van der Waals surface area (Å²) in [7, 11) is 0. The molecule has 4 heteroatoms. The van der Waals surface area contributed by atoms with Crippen molar-refractivity contribution in [2.75, 3.05) is 29.9 Å². The number of rotatable bonds is 3. The molecule has 0 bridgehead atoms. The van der Waals surface area contributed by atoms with E-state index in [-0.39, 0.29) is 0 Å². The summed E-state index contributed by atoms with van der Waals surface area (Å²) in [6, 6.07) is 2.04. The maximum absolute atomic E-state index is 4.62. The Morgan fingerprint density at radius 1 is 1.15 bits per heavy atom. The molecule has 1 aromatic rings. The molecule has 1 aliphatic carbocycles. The van der Waals surface area contributed by atoms with E-state index in [0.29, 0.717) is 5.41 Å². The van der Waals surface area contributed by atoms with Crippen molar-refractivity contribution < 1.29 is 0 Å². The number of anilines is 2. The van der Waals surface area contributed by atoms with Crippen LogP contribution in [0.5, 0.6) is 0 Å². The lowest BCUT2D eigenvalue weighted by molar-refractivity contribution is 0.144. The van der Waals surface area contributed by atoms with Crippen molar-refractivity contribution in [1.82, 2.24) is 9.97 Å². The monoisotopic (exact) mass is 274 g/mol. The third-order valence-corrected chi connectivity index (χ3v) is 5.04. The van der Waals surface area contributed by atoms with Crippen molar-refractivity contribution in [2.45, 2.75) is 51.9 Å². The standard InChI is InChI=1S/C16H26N4/c1-2-17-15-18-11-6-14(19-15)20-12-9-16(10-13-20)7-4-3-5-8-16/h6,11H,2-5,7-10,12-13H2,1H3,(H,17,18,19). The maximum Gasteiger partial charge on any atom is 0.224 e. The van der Waals surface area contributed by atoms with Crippen LogP contribution in [0.1, 0.15) is 51.9 Å². The van der Waals surface area contributed by atoms with Crippen molar-refractivity contribution in [2.24, 2.45) is 5.41 Å². The van der Waals surface area contributed by atoms with Crippen LogP contribution >= 0.6 is 0 Å². The highest BCUT2D eigenvalue weighted by Gasteiger charge is 2.35. The Bertz CT molecular complexity index is 430. The molecule has 4 nitrogen and oxygen atoms in total. The van der Waals surface area contributed by atoms with Crippen LogP contribution in [0, 0.1) is 5.41 Å². The zero-order valence-electron chi connectivity index (χ0n) is 12.6. The van der Waals surface area contributed by atoms with Crippen molar-refractivity contribution >= 4 is 11.8 Å². The lowest BCUT2D eigenvalue weighted by Crippen LogP contribution is -2.41. The van der Waals surface area contributed by atoms with Gasteiger partial charge in [-0.25, -0.2) is 4.98 Å². The molecule has 1 aliphatic heterocycles. The first-order valence-corrected chi connectivity index (χ1v) is 8.13. The van der Waals surface area contributed by atoms with Crippen molar-refractivity contribution in [3.05, 3.63) is 12.3 Å². The van der Waals surface area contributed by atoms with Gasteiger partial charge in [0.1, 0.15) is 5.82 Å². The van der Waals surface area contributed by atoms with E-state index >= 15 is 0 Å². The third kappa shape index (κ3) is 2.89. The Balaban J connectivity index is 1.64. The predicted octanol–water partition coefficient (Wildman–Crippen LogP) is 3.46. The first-order chi connectivity index (χ1) is 9.81. The van der Waals surface area contributed by atoms with Gasteiger partial charge in [-0.1, -0.05) is 19.3 Å². The molecule has 0 aromatic carbocycles. The second-order valence-electron chi connectivity index (χ2n) is 6.32. The lowest BCUT2D eigenvalue weighted by Gasteiger charge is -2.44. The first-order valence-electron chi connectivity index (χ1n) is 8.13. The summed E-state index contributed by atoms with van der Waals surface area (Å²) < 4.78 is 0. The highest BCUT2D eigenvalue weighted by Crippen LogP contribution is 2.44. The minimum absolute atomic E-state index is 0.659. The average Bonchev–Trinajstić information content (AvgIpc) is 2.50. The van der Waals surface area contributed by atoms with Gasteiger partial charge in [-0.2, -0.15) is 4.98 Å². The van der Waals surface area contributed by atoms with Gasteiger partial charge >= 0.3 is 0 Å². The Morgan fingerprint density at radius 2 is 1.90 bits per heavy atom. The summed E-state index contributed by atoms with van der Waals surface area (Å²) in [5.41, 5.74) is 0.659. The van der Waals surface area contributed by atoms with E-state index in [1.165, 1.54) is 44.9 Å². The molecule has 1 aromatic heterocycles. The summed E-state index contributed by atoms with van der Waals surface area (Å²) in [6.45, 7) is 5.25. The fourth-order valence-electron chi connectivity index (χ4n) is 3.78. The molecule has 2 aliphatic rings. The largest absolute Gasteiger partial charge is 0.356 e. The number of nitrogens with zero attached hydrogens (tertiary/aromatic N) is 3. The van der Waals surface area contributed by atoms with Crippen LogP contribution in [0.25, 0.3) is 0 Å². The van der Waals surface area contributed by atoms with Crippen LogP contribution in [-0.2, 0) is 0 Å². The van der Waals surface area contributed by atoms with E-state index in [2.05, 4.69) is 27.1 Å². The topological polar surface area (TPSA) is 41.1 Å². The summed E-state index contributed by atoms with van der Waals surface area (Å²) in [6.07, 6.45) is 11.8. The molecule has 1 saturated carbocycles. The third-order valence-electron chi connectivity index (χ3n) is 5.04. The van der Waals surface area contributed by atoms with Crippen LogP contribution in [0.15, 0.2) is 12.3 Å². The Kier molecular flexibility index (Phi) is 4.08. The van der Waals surface area contributed by atoms with Crippen molar-refractivity contribution in [3.8, 4) is 0 Å². The Morgan fingerprint density at radius 3 is 2.60 bits per heavy atom. The zero-order chi connectivity index (χ0) is 13.8. The minimum Gasteiger partial charge on any atom is -0.356 e. The van der Waals surface area contributed by atoms with Gasteiger partial charge in [-0.3, -0.25) is 0 Å². The number of nitrogens with one attached hydrogen (secondary N) is 1. The van der Waals surface area contributed by atoms with Gasteiger partial charge in [-0.15, -0.1) is 0 Å². The second-order valence-corrected chi connectivity index (χ2v) is 6.32. The lowest BCUT2D eigenvalue weighted by atomic mass is 9.68. The summed E-state index contributed by atoms with van der Waals surface area (Å²) in [5, 5.41) is 3.19. The van der Waals surface area contributed by atoms with Crippen molar-refractivity contribution in [1.29, 1.82) is 0 Å². The van der Waals surface area contributed by atoms with Gasteiger partial charge in [0.15, 0.2) is 0 Å². The van der Waals surface area contributed by atoms with Crippen LogP contribution in [0.3, 0.4) is 0 Å². The molecule has 1 saturated heterocycles. The van der Waals surface area contributed by atoms with Crippen LogP contribution in [-0.4, -0.2) is 29.6 Å². The van der Waals surface area contributed by atoms with E-state index < -0.39 is 0 Å². The van der Waals surface area contributed by atoms with Gasteiger partial charge in [0, 0.05) is 25.8 Å². The quantitative estimate of drug-likeness (QED) is 0.916. The highest BCUT2D eigenvalue weighted by atomic mass is 15.2. The van der Waals surface area contributed by atoms with Crippen LogP contribution in [0.4, 0.5) is 11.8 Å². The first kappa shape index (κ1) is 13.7. The van der Waals surface area contributed by atoms with Crippen LogP contribution < -0.4 is 10.2 Å². The Hall–Kier alpha value is -1.32. The molecule has 0 amide bonds.